The molecule has 1 aromatic rings. The third-order valence-electron chi connectivity index (χ3n) is 3.02. The van der Waals surface area contributed by atoms with Crippen LogP contribution in [0.5, 0.6) is 0 Å². The minimum Gasteiger partial charge on any atom is -0.391 e. The fourth-order valence-electron chi connectivity index (χ4n) is 2.11. The van der Waals surface area contributed by atoms with Gasteiger partial charge in [-0.2, -0.15) is 0 Å². The van der Waals surface area contributed by atoms with Crippen LogP contribution in [-0.2, 0) is 13.8 Å². The van der Waals surface area contributed by atoms with Crippen molar-refractivity contribution in [3.8, 4) is 0 Å². The first-order valence-electron chi connectivity index (χ1n) is 5.93. The van der Waals surface area contributed by atoms with E-state index in [-0.39, 0.29) is 0 Å². The summed E-state index contributed by atoms with van der Waals surface area (Å²) in [4.78, 5) is 33.3. The summed E-state index contributed by atoms with van der Waals surface area (Å²) >= 11 is 0. The van der Waals surface area contributed by atoms with Crippen molar-refractivity contribution in [2.24, 2.45) is 0 Å². The number of rotatable bonds is 4. The predicted octanol–water partition coefficient (Wildman–Crippen LogP) is -0.812. The molecule has 1 aliphatic rings. The molecule has 0 bridgehead atoms. The van der Waals surface area contributed by atoms with Gasteiger partial charge in [0.25, 0.3) is 5.56 Å². The third kappa shape index (κ3) is 3.25. The smallest absolute Gasteiger partial charge is 0.391 e. The fourth-order valence-corrected chi connectivity index (χ4v) is 2.56. The molecule has 0 saturated carbocycles. The van der Waals surface area contributed by atoms with Crippen LogP contribution in [0.15, 0.2) is 21.9 Å². The maximum Gasteiger partial charge on any atom is 0.695 e. The molecule has 1 aliphatic heterocycles. The molecule has 1 aromatic heterocycles. The van der Waals surface area contributed by atoms with E-state index in [9.17, 15) is 23.7 Å². The largest absolute Gasteiger partial charge is 0.695 e. The molecule has 21 heavy (non-hydrogen) atoms. The number of aromatic amines is 1. The topological polar surface area (TPSA) is 131 Å². The molecule has 11 heteroatoms. The Balaban J connectivity index is 2.35. The highest BCUT2D eigenvalue weighted by Gasteiger charge is 2.53. The van der Waals surface area contributed by atoms with Crippen LogP contribution in [0.1, 0.15) is 13.2 Å². The Kier molecular flexibility index (Phi) is 4.64. The molecule has 1 saturated heterocycles. The Hall–Kier alpha value is -1.45. The van der Waals surface area contributed by atoms with Gasteiger partial charge in [0, 0.05) is 16.8 Å². The Labute approximate surface area is 117 Å². The monoisotopic (exact) mass is 323 g/mol. The molecule has 0 amide bonds. The van der Waals surface area contributed by atoms with Crippen molar-refractivity contribution in [1.82, 2.24) is 9.55 Å². The van der Waals surface area contributed by atoms with Crippen LogP contribution < -0.4 is 11.2 Å². The molecule has 0 spiro atoms. The van der Waals surface area contributed by atoms with Gasteiger partial charge in [0.15, 0.2) is 18.5 Å². The van der Waals surface area contributed by atoms with E-state index < -0.39 is 50.2 Å². The van der Waals surface area contributed by atoms with Crippen LogP contribution in [0.2, 0.25) is 0 Å². The van der Waals surface area contributed by atoms with Gasteiger partial charge in [-0.3, -0.25) is 14.3 Å². The number of hydrogen-bond donors (Lipinski definition) is 3. The summed E-state index contributed by atoms with van der Waals surface area (Å²) in [6.45, 7) is 1.29. The maximum atomic E-state index is 14.3. The highest BCUT2D eigenvalue weighted by molar-refractivity contribution is 7.32. The van der Waals surface area contributed by atoms with E-state index in [2.05, 4.69) is 4.52 Å². The lowest BCUT2D eigenvalue weighted by molar-refractivity contribution is -0.0756. The lowest BCUT2D eigenvalue weighted by Gasteiger charge is -2.17. The Morgan fingerprint density at radius 2 is 2.24 bits per heavy atom. The van der Waals surface area contributed by atoms with Crippen molar-refractivity contribution in [2.45, 2.75) is 37.6 Å². The molecule has 2 unspecified atom stereocenters. The SMILES string of the molecule is C[C@H](O)[C@H]1O[C@@H](n2ccc(=O)[nH]c2=O)[C@@H](F)C1O[P+](=O)O. The summed E-state index contributed by atoms with van der Waals surface area (Å²) in [5.41, 5.74) is -1.57. The number of H-pyrrole nitrogens is 1. The predicted molar refractivity (Wildman–Crippen MR) is 66.5 cm³/mol. The van der Waals surface area contributed by atoms with Crippen LogP contribution in [0.3, 0.4) is 0 Å². The summed E-state index contributed by atoms with van der Waals surface area (Å²) in [5.74, 6) is 0. The van der Waals surface area contributed by atoms with E-state index in [1.165, 1.54) is 6.92 Å². The van der Waals surface area contributed by atoms with E-state index >= 15 is 0 Å². The molecule has 0 aromatic carbocycles. The van der Waals surface area contributed by atoms with Crippen molar-refractivity contribution in [3.63, 3.8) is 0 Å². The number of aliphatic hydroxyl groups is 1. The lowest BCUT2D eigenvalue weighted by Crippen LogP contribution is -2.37. The van der Waals surface area contributed by atoms with Gasteiger partial charge in [-0.25, -0.2) is 9.18 Å². The normalized spacial score (nSPS) is 31.1. The van der Waals surface area contributed by atoms with Crippen molar-refractivity contribution in [3.05, 3.63) is 33.1 Å². The molecule has 3 N–H and O–H groups in total. The van der Waals surface area contributed by atoms with Gasteiger partial charge in [-0.05, 0) is 6.92 Å². The first-order chi connectivity index (χ1) is 9.81. The number of halogens is 1. The fraction of sp³-hybridized carbons (Fsp3) is 0.600. The number of nitrogens with zero attached hydrogens (tertiary/aromatic N) is 1. The van der Waals surface area contributed by atoms with E-state index in [1.54, 1.807) is 0 Å². The molecular formula is C10H13FN2O7P+. The molecule has 2 rings (SSSR count). The Morgan fingerprint density at radius 1 is 1.57 bits per heavy atom. The minimum atomic E-state index is -3.12. The van der Waals surface area contributed by atoms with Crippen molar-refractivity contribution >= 4 is 8.25 Å². The lowest BCUT2D eigenvalue weighted by atomic mass is 10.1. The second-order valence-electron chi connectivity index (χ2n) is 4.50. The highest BCUT2D eigenvalue weighted by atomic mass is 31.1. The number of aromatic nitrogens is 2. The summed E-state index contributed by atoms with van der Waals surface area (Å²) in [6.07, 6.45) is -6.42. The molecule has 0 aliphatic carbocycles. The van der Waals surface area contributed by atoms with Crippen LogP contribution >= 0.6 is 8.25 Å². The first-order valence-corrected chi connectivity index (χ1v) is 7.06. The average Bonchev–Trinajstić information content (AvgIpc) is 2.67. The third-order valence-corrected chi connectivity index (χ3v) is 3.44. The van der Waals surface area contributed by atoms with Gasteiger partial charge in [0.1, 0.15) is 6.10 Å². The van der Waals surface area contributed by atoms with Crippen molar-refractivity contribution in [1.29, 1.82) is 0 Å². The van der Waals surface area contributed by atoms with Crippen LogP contribution in [0.4, 0.5) is 4.39 Å². The van der Waals surface area contributed by atoms with Gasteiger partial charge < -0.3 is 9.84 Å². The van der Waals surface area contributed by atoms with Gasteiger partial charge in [-0.15, -0.1) is 9.42 Å². The molecule has 6 atom stereocenters. The van der Waals surface area contributed by atoms with Crippen LogP contribution in [0, 0.1) is 0 Å². The first kappa shape index (κ1) is 15.9. The van der Waals surface area contributed by atoms with Gasteiger partial charge in [-0.1, -0.05) is 0 Å². The summed E-state index contributed by atoms with van der Waals surface area (Å²) in [6, 6.07) is 0.996. The second kappa shape index (κ2) is 6.12. The number of ether oxygens (including phenoxy) is 1. The highest BCUT2D eigenvalue weighted by Crippen LogP contribution is 2.38. The van der Waals surface area contributed by atoms with E-state index in [0.717, 1.165) is 16.8 Å². The molecular weight excluding hydrogens is 310 g/mol. The summed E-state index contributed by atoms with van der Waals surface area (Å²) in [7, 11) is -3.12. The summed E-state index contributed by atoms with van der Waals surface area (Å²) < 4.78 is 35.6. The van der Waals surface area contributed by atoms with Gasteiger partial charge in [0.2, 0.25) is 0 Å². The maximum absolute atomic E-state index is 14.3. The molecule has 0 radical (unpaired) electrons. The van der Waals surface area contributed by atoms with Crippen LogP contribution in [0.25, 0.3) is 0 Å². The summed E-state index contributed by atoms with van der Waals surface area (Å²) in [5, 5.41) is 9.54. The van der Waals surface area contributed by atoms with Gasteiger partial charge >= 0.3 is 13.9 Å². The number of hydrogen-bond acceptors (Lipinski definition) is 6. The second-order valence-corrected chi connectivity index (χ2v) is 5.19. The van der Waals surface area contributed by atoms with Gasteiger partial charge in [0.05, 0.1) is 6.10 Å². The zero-order chi connectivity index (χ0) is 15.7. The zero-order valence-corrected chi connectivity index (χ0v) is 11.6. The Morgan fingerprint density at radius 3 is 2.76 bits per heavy atom. The minimum absolute atomic E-state index is 0.664. The quantitative estimate of drug-likeness (QED) is 0.617. The number of alkyl halides is 1. The zero-order valence-electron chi connectivity index (χ0n) is 10.7. The molecule has 116 valence electrons. The van der Waals surface area contributed by atoms with E-state index in [1.807, 2.05) is 4.98 Å². The van der Waals surface area contributed by atoms with Crippen molar-refractivity contribution in [2.75, 3.05) is 0 Å². The molecule has 1 fully saturated rings. The Bertz CT molecular complexity index is 645. The number of nitrogens with one attached hydrogen (secondary N) is 1. The standard InChI is InChI=1S/C10H12FN2O7P/c1-4(14)7-8(20-21(17)18)6(11)9(19-7)13-3-2-5(15)12-10(13)16/h2-4,6-9,14H,1H3,(H-,12,15,16,17,18)/p+1/t4-,6-,7+,8?,9+/m0/s1. The van der Waals surface area contributed by atoms with Crippen LogP contribution in [-0.4, -0.2) is 44.0 Å². The molecule has 9 nitrogen and oxygen atoms in total. The van der Waals surface area contributed by atoms with E-state index in [4.69, 9.17) is 9.63 Å². The molecule has 2 heterocycles. The van der Waals surface area contributed by atoms with Crippen molar-refractivity contribution < 1.29 is 28.2 Å². The van der Waals surface area contributed by atoms with E-state index in [0.29, 0.717) is 0 Å². The number of aliphatic hydroxyl groups excluding tert-OH is 1. The average molecular weight is 323 g/mol.